The minimum Gasteiger partial charge on any atom is -0.455 e. The zero-order chi connectivity index (χ0) is 30.5. The first-order valence-corrected chi connectivity index (χ1v) is 15.7. The van der Waals surface area contributed by atoms with Crippen molar-refractivity contribution in [3.63, 3.8) is 0 Å². The molecule has 2 heteroatoms. The normalized spacial score (nSPS) is 11.5. The topological polar surface area (TPSA) is 18.1 Å². The van der Waals surface area contributed by atoms with Crippen LogP contribution in [0.2, 0.25) is 0 Å². The van der Waals surface area contributed by atoms with Crippen molar-refractivity contribution < 1.29 is 4.42 Å². The van der Waals surface area contributed by atoms with Crippen molar-refractivity contribution in [3.8, 4) is 50.6 Å². The average molecular weight is 588 g/mol. The molecule has 0 amide bonds. The van der Waals surface area contributed by atoms with E-state index in [-0.39, 0.29) is 0 Å². The van der Waals surface area contributed by atoms with Gasteiger partial charge in [0, 0.05) is 32.7 Å². The molecule has 0 N–H and O–H groups in total. The van der Waals surface area contributed by atoms with Crippen LogP contribution in [0.25, 0.3) is 83.2 Å². The van der Waals surface area contributed by atoms with E-state index in [1.807, 2.05) is 0 Å². The van der Waals surface area contributed by atoms with Gasteiger partial charge < -0.3 is 8.98 Å². The van der Waals surface area contributed by atoms with Gasteiger partial charge in [0.15, 0.2) is 0 Å². The molecule has 0 saturated heterocycles. The highest BCUT2D eigenvalue weighted by molar-refractivity contribution is 6.12. The monoisotopic (exact) mass is 587 g/mol. The van der Waals surface area contributed by atoms with E-state index in [0.717, 1.165) is 61.4 Å². The number of hydrogen-bond donors (Lipinski definition) is 0. The number of benzene rings is 7. The Morgan fingerprint density at radius 3 is 1.41 bits per heavy atom. The van der Waals surface area contributed by atoms with Crippen LogP contribution in [-0.4, -0.2) is 4.57 Å². The zero-order valence-electron chi connectivity index (χ0n) is 25.1. The zero-order valence-corrected chi connectivity index (χ0v) is 25.1. The average Bonchev–Trinajstić information content (AvgIpc) is 3.68. The summed E-state index contributed by atoms with van der Waals surface area (Å²) in [5.74, 6) is 1.74. The highest BCUT2D eigenvalue weighted by atomic mass is 16.3. The largest absolute Gasteiger partial charge is 0.455 e. The molecule has 9 rings (SSSR count). The second-order valence-electron chi connectivity index (χ2n) is 11.7. The Labute approximate surface area is 267 Å². The minimum atomic E-state index is 0.866. The van der Waals surface area contributed by atoms with Gasteiger partial charge in [0.2, 0.25) is 0 Å². The van der Waals surface area contributed by atoms with E-state index in [4.69, 9.17) is 4.42 Å². The van der Waals surface area contributed by atoms with Crippen molar-refractivity contribution in [3.05, 3.63) is 176 Å². The van der Waals surface area contributed by atoms with Crippen LogP contribution in [-0.2, 0) is 0 Å². The quantitative estimate of drug-likeness (QED) is 0.196. The second-order valence-corrected chi connectivity index (χ2v) is 11.7. The minimum absolute atomic E-state index is 0.866. The van der Waals surface area contributed by atoms with E-state index in [1.54, 1.807) is 0 Å². The summed E-state index contributed by atoms with van der Waals surface area (Å²) in [6.07, 6.45) is 0. The number of aromatic nitrogens is 1. The molecule has 0 unspecified atom stereocenters. The molecule has 0 atom stereocenters. The second kappa shape index (κ2) is 10.8. The third-order valence-electron chi connectivity index (χ3n) is 9.05. The maximum atomic E-state index is 7.21. The highest BCUT2D eigenvalue weighted by Gasteiger charge is 2.25. The maximum Gasteiger partial charge on any atom is 0.145 e. The van der Waals surface area contributed by atoms with Crippen molar-refractivity contribution in [2.45, 2.75) is 0 Å². The molecule has 0 aliphatic rings. The summed E-state index contributed by atoms with van der Waals surface area (Å²) >= 11 is 0. The smallest absolute Gasteiger partial charge is 0.145 e. The van der Waals surface area contributed by atoms with Gasteiger partial charge in [-0.1, -0.05) is 158 Å². The van der Waals surface area contributed by atoms with Crippen LogP contribution in [0.3, 0.4) is 0 Å². The summed E-state index contributed by atoms with van der Waals surface area (Å²) in [5, 5.41) is 4.65. The molecule has 9 aromatic rings. The molecule has 0 bridgehead atoms. The van der Waals surface area contributed by atoms with Crippen molar-refractivity contribution in [1.29, 1.82) is 0 Å². The van der Waals surface area contributed by atoms with Crippen LogP contribution in [0.1, 0.15) is 0 Å². The van der Waals surface area contributed by atoms with Crippen molar-refractivity contribution in [1.82, 2.24) is 4.57 Å². The summed E-state index contributed by atoms with van der Waals surface area (Å²) in [6.45, 7) is 0. The maximum absolute atomic E-state index is 7.21. The number of fused-ring (bicyclic) bond motifs is 4. The van der Waals surface area contributed by atoms with Gasteiger partial charge in [-0.15, -0.1) is 0 Å². The van der Waals surface area contributed by atoms with Crippen LogP contribution in [0.4, 0.5) is 0 Å². The summed E-state index contributed by atoms with van der Waals surface area (Å²) in [4.78, 5) is 0. The molecule has 2 aromatic heterocycles. The van der Waals surface area contributed by atoms with E-state index >= 15 is 0 Å². The lowest BCUT2D eigenvalue weighted by Crippen LogP contribution is -1.99. The fourth-order valence-corrected chi connectivity index (χ4v) is 7.03. The van der Waals surface area contributed by atoms with Gasteiger partial charge in [0.05, 0.1) is 16.7 Å². The first kappa shape index (κ1) is 26.3. The molecule has 2 nitrogen and oxygen atoms in total. The third-order valence-corrected chi connectivity index (χ3v) is 9.05. The Morgan fingerprint density at radius 2 is 0.783 bits per heavy atom. The van der Waals surface area contributed by atoms with Gasteiger partial charge in [-0.05, 0) is 40.5 Å². The lowest BCUT2D eigenvalue weighted by atomic mass is 9.94. The molecule has 0 aliphatic carbocycles. The summed E-state index contributed by atoms with van der Waals surface area (Å²) in [6, 6.07) is 62.3. The molecule has 0 aliphatic heterocycles. The molecular weight excluding hydrogens is 558 g/mol. The first-order chi connectivity index (χ1) is 22.9. The van der Waals surface area contributed by atoms with E-state index < -0.39 is 0 Å². The summed E-state index contributed by atoms with van der Waals surface area (Å²) in [5.41, 5.74) is 10.1. The molecule has 7 aromatic carbocycles. The first-order valence-electron chi connectivity index (χ1n) is 15.7. The number of furan rings is 1. The van der Waals surface area contributed by atoms with Gasteiger partial charge in [-0.2, -0.15) is 0 Å². The lowest BCUT2D eigenvalue weighted by Gasteiger charge is -2.17. The van der Waals surface area contributed by atoms with Crippen molar-refractivity contribution in [2.75, 3.05) is 0 Å². The summed E-state index contributed by atoms with van der Waals surface area (Å²) in [7, 11) is 0. The van der Waals surface area contributed by atoms with Gasteiger partial charge in [0.25, 0.3) is 0 Å². The highest BCUT2D eigenvalue weighted by Crippen LogP contribution is 2.48. The van der Waals surface area contributed by atoms with Crippen LogP contribution in [0.15, 0.2) is 180 Å². The van der Waals surface area contributed by atoms with Gasteiger partial charge in [-0.25, -0.2) is 0 Å². The molecule has 216 valence electrons. The standard InChI is InChI=1S/C44H29NO/c1-3-16-30(17-4-1)32-20-7-8-23-36(32)43-37-24-9-10-25-38(37)44(46-43)42-33(31-18-5-2-6-19-31)26-15-29-41(42)45-39-27-13-11-21-34(39)35-22-12-14-28-40(35)45/h1-29H. The lowest BCUT2D eigenvalue weighted by molar-refractivity contribution is 0.602. The van der Waals surface area contributed by atoms with E-state index in [1.165, 1.54) is 21.8 Å². The van der Waals surface area contributed by atoms with Crippen molar-refractivity contribution >= 4 is 32.6 Å². The molecule has 0 spiro atoms. The van der Waals surface area contributed by atoms with Crippen LogP contribution >= 0.6 is 0 Å². The molecule has 46 heavy (non-hydrogen) atoms. The molecule has 0 saturated carbocycles. The Balaban J connectivity index is 1.40. The number of para-hydroxylation sites is 2. The summed E-state index contributed by atoms with van der Waals surface area (Å²) < 4.78 is 9.62. The van der Waals surface area contributed by atoms with E-state index in [9.17, 15) is 0 Å². The fourth-order valence-electron chi connectivity index (χ4n) is 7.03. The molecular formula is C44H29NO. The van der Waals surface area contributed by atoms with Crippen LogP contribution in [0, 0.1) is 0 Å². The Hall–Kier alpha value is -6.12. The number of hydrogen-bond acceptors (Lipinski definition) is 1. The SMILES string of the molecule is c1ccc(-c2ccccc2-c2oc(-c3c(-c4ccccc4)cccc3-n3c4ccccc4c4ccccc43)c3ccccc23)cc1. The third kappa shape index (κ3) is 4.12. The van der Waals surface area contributed by atoms with Crippen molar-refractivity contribution in [2.24, 2.45) is 0 Å². The fraction of sp³-hybridized carbons (Fsp3) is 0. The van der Waals surface area contributed by atoms with Crippen LogP contribution < -0.4 is 0 Å². The Bertz CT molecular complexity index is 2460. The van der Waals surface area contributed by atoms with E-state index in [0.29, 0.717) is 0 Å². The predicted octanol–water partition coefficient (Wildman–Crippen LogP) is 12.2. The van der Waals surface area contributed by atoms with Gasteiger partial charge in [-0.3, -0.25) is 0 Å². The molecule has 0 radical (unpaired) electrons. The van der Waals surface area contributed by atoms with E-state index in [2.05, 4.69) is 180 Å². The molecule has 2 heterocycles. The molecule has 0 fully saturated rings. The van der Waals surface area contributed by atoms with Gasteiger partial charge >= 0.3 is 0 Å². The van der Waals surface area contributed by atoms with Crippen LogP contribution in [0.5, 0.6) is 0 Å². The Morgan fingerprint density at radius 1 is 0.326 bits per heavy atom. The Kier molecular flexibility index (Phi) is 6.17. The number of rotatable bonds is 5. The predicted molar refractivity (Wildman–Crippen MR) is 192 cm³/mol. The number of nitrogens with zero attached hydrogens (tertiary/aromatic N) is 1. The van der Waals surface area contributed by atoms with Gasteiger partial charge in [0.1, 0.15) is 11.5 Å².